The molecule has 2 heterocycles. The van der Waals surface area contributed by atoms with E-state index in [0.29, 0.717) is 29.5 Å². The lowest BCUT2D eigenvalue weighted by molar-refractivity contribution is 0.207. The van der Waals surface area contributed by atoms with Gasteiger partial charge in [-0.3, -0.25) is 4.90 Å². The molecule has 0 atom stereocenters. The molecule has 0 saturated carbocycles. The summed E-state index contributed by atoms with van der Waals surface area (Å²) >= 11 is 6.28. The predicted octanol–water partition coefficient (Wildman–Crippen LogP) is 5.94. The van der Waals surface area contributed by atoms with Gasteiger partial charge in [0.25, 0.3) is 0 Å². The summed E-state index contributed by atoms with van der Waals surface area (Å²) in [6, 6.07) is 13.3. The first-order valence-electron chi connectivity index (χ1n) is 11.1. The van der Waals surface area contributed by atoms with Crippen LogP contribution in [0.5, 0.6) is 11.5 Å². The van der Waals surface area contributed by atoms with Gasteiger partial charge in [0.05, 0.1) is 12.2 Å². The average Bonchev–Trinajstić information content (AvgIpc) is 2.96. The minimum Gasteiger partial charge on any atom is -0.455 e. The summed E-state index contributed by atoms with van der Waals surface area (Å²) < 4.78 is 6.13. The number of carbonyl (C=O) groups excluding carboxylic acids is 1. The summed E-state index contributed by atoms with van der Waals surface area (Å²) in [5.41, 5.74) is 3.14. The van der Waals surface area contributed by atoms with Gasteiger partial charge in [0.2, 0.25) is 0 Å². The summed E-state index contributed by atoms with van der Waals surface area (Å²) in [5.74, 6) is 1.42. The van der Waals surface area contributed by atoms with Crippen LogP contribution in [0.15, 0.2) is 54.1 Å². The monoisotopic (exact) mass is 439 g/mol. The standard InChI is InChI=1S/C25H30ClN3O2/c1-3-27(4-2)14-11-19-12-15-28(16-13-19)25(30)29-18-20-7-5-6-8-23(20)31-24-10-9-21(26)17-22(24)29/h5-10,12,17H,3-4,11,13-16,18H2,1-2H3. The third kappa shape index (κ3) is 4.89. The molecule has 0 saturated heterocycles. The normalized spacial score (nSPS) is 15.7. The molecule has 0 bridgehead atoms. The smallest absolute Gasteiger partial charge is 0.325 e. The van der Waals surface area contributed by atoms with Gasteiger partial charge >= 0.3 is 6.03 Å². The summed E-state index contributed by atoms with van der Waals surface area (Å²) in [7, 11) is 0. The average molecular weight is 440 g/mol. The Kier molecular flexibility index (Phi) is 6.83. The van der Waals surface area contributed by atoms with Gasteiger partial charge in [-0.15, -0.1) is 0 Å². The van der Waals surface area contributed by atoms with Crippen LogP contribution in [-0.4, -0.2) is 48.6 Å². The molecule has 0 spiro atoms. The Hall–Kier alpha value is -2.50. The SMILES string of the molecule is CCN(CC)CCC1=CCN(C(=O)N2Cc3ccccc3Oc3ccc(Cl)cc32)CC1. The van der Waals surface area contributed by atoms with Crippen molar-refractivity contribution in [2.24, 2.45) is 0 Å². The number of benzene rings is 2. The van der Waals surface area contributed by atoms with E-state index in [0.717, 1.165) is 50.3 Å². The molecule has 2 aliphatic heterocycles. The van der Waals surface area contributed by atoms with Gasteiger partial charge in [-0.2, -0.15) is 0 Å². The Morgan fingerprint density at radius 3 is 2.68 bits per heavy atom. The van der Waals surface area contributed by atoms with E-state index in [1.165, 1.54) is 5.57 Å². The first kappa shape index (κ1) is 21.7. The van der Waals surface area contributed by atoms with Crippen LogP contribution in [0, 0.1) is 0 Å². The van der Waals surface area contributed by atoms with E-state index in [2.05, 4.69) is 24.8 Å². The quantitative estimate of drug-likeness (QED) is 0.541. The summed E-state index contributed by atoms with van der Waals surface area (Å²) in [6.45, 7) is 9.47. The number of para-hydroxylation sites is 1. The van der Waals surface area contributed by atoms with Gasteiger partial charge < -0.3 is 14.5 Å². The molecule has 0 N–H and O–H groups in total. The second kappa shape index (κ2) is 9.75. The number of ether oxygens (including phenoxy) is 1. The lowest BCUT2D eigenvalue weighted by atomic mass is 10.0. The van der Waals surface area contributed by atoms with Gasteiger partial charge in [-0.1, -0.05) is 55.3 Å². The Morgan fingerprint density at radius 1 is 1.13 bits per heavy atom. The fourth-order valence-electron chi connectivity index (χ4n) is 4.19. The zero-order valence-electron chi connectivity index (χ0n) is 18.3. The molecule has 4 rings (SSSR count). The van der Waals surface area contributed by atoms with Crippen molar-refractivity contribution in [3.63, 3.8) is 0 Å². The summed E-state index contributed by atoms with van der Waals surface area (Å²) in [5, 5.41) is 0.586. The molecule has 6 heteroatoms. The molecule has 0 fully saturated rings. The molecule has 2 aromatic rings. The Balaban J connectivity index is 1.52. The van der Waals surface area contributed by atoms with E-state index in [-0.39, 0.29) is 6.03 Å². The topological polar surface area (TPSA) is 36.0 Å². The van der Waals surface area contributed by atoms with Gasteiger partial charge in [0.15, 0.2) is 5.75 Å². The highest BCUT2D eigenvalue weighted by Gasteiger charge is 2.29. The molecule has 0 aliphatic carbocycles. The zero-order chi connectivity index (χ0) is 21.8. The first-order chi connectivity index (χ1) is 15.1. The third-order valence-electron chi connectivity index (χ3n) is 6.18. The van der Waals surface area contributed by atoms with E-state index in [4.69, 9.17) is 16.3 Å². The fourth-order valence-corrected chi connectivity index (χ4v) is 4.36. The van der Waals surface area contributed by atoms with E-state index < -0.39 is 0 Å². The van der Waals surface area contributed by atoms with Gasteiger partial charge in [0.1, 0.15) is 5.75 Å². The van der Waals surface area contributed by atoms with Crippen molar-refractivity contribution in [1.82, 2.24) is 9.80 Å². The number of amides is 2. The molecule has 0 radical (unpaired) electrons. The minimum atomic E-state index is -0.0112. The molecular weight excluding hydrogens is 410 g/mol. The van der Waals surface area contributed by atoms with Crippen LogP contribution in [0.3, 0.4) is 0 Å². The highest BCUT2D eigenvalue weighted by molar-refractivity contribution is 6.31. The van der Waals surface area contributed by atoms with Crippen LogP contribution in [0.4, 0.5) is 10.5 Å². The van der Waals surface area contributed by atoms with Crippen LogP contribution in [0.1, 0.15) is 32.3 Å². The van der Waals surface area contributed by atoms with E-state index in [1.54, 1.807) is 11.0 Å². The molecule has 5 nitrogen and oxygen atoms in total. The Bertz CT molecular complexity index is 971. The fraction of sp³-hybridized carbons (Fsp3) is 0.400. The Labute approximate surface area is 189 Å². The molecule has 31 heavy (non-hydrogen) atoms. The van der Waals surface area contributed by atoms with Crippen molar-refractivity contribution in [1.29, 1.82) is 0 Å². The molecule has 2 aliphatic rings. The van der Waals surface area contributed by atoms with Crippen LogP contribution in [0.2, 0.25) is 5.02 Å². The molecule has 0 aromatic heterocycles. The highest BCUT2D eigenvalue weighted by Crippen LogP contribution is 2.40. The number of fused-ring (bicyclic) bond motifs is 2. The second-order valence-electron chi connectivity index (χ2n) is 8.03. The number of urea groups is 1. The number of anilines is 1. The number of halogens is 1. The van der Waals surface area contributed by atoms with E-state index in [9.17, 15) is 4.79 Å². The van der Waals surface area contributed by atoms with Crippen molar-refractivity contribution in [2.75, 3.05) is 37.6 Å². The summed E-state index contributed by atoms with van der Waals surface area (Å²) in [6.07, 6.45) is 4.23. The van der Waals surface area contributed by atoms with Crippen molar-refractivity contribution < 1.29 is 9.53 Å². The van der Waals surface area contributed by atoms with Crippen molar-refractivity contribution in [3.8, 4) is 11.5 Å². The van der Waals surface area contributed by atoms with Gasteiger partial charge in [0, 0.05) is 30.2 Å². The van der Waals surface area contributed by atoms with Gasteiger partial charge in [-0.25, -0.2) is 4.79 Å². The maximum absolute atomic E-state index is 13.6. The van der Waals surface area contributed by atoms with Gasteiger partial charge in [-0.05, 0) is 50.2 Å². The van der Waals surface area contributed by atoms with Crippen LogP contribution >= 0.6 is 11.6 Å². The lowest BCUT2D eigenvalue weighted by Gasteiger charge is -2.32. The van der Waals surface area contributed by atoms with E-state index >= 15 is 0 Å². The number of nitrogens with zero attached hydrogens (tertiary/aromatic N) is 3. The number of rotatable bonds is 5. The van der Waals surface area contributed by atoms with Crippen molar-refractivity contribution in [3.05, 3.63) is 64.7 Å². The molecule has 2 aromatic carbocycles. The molecule has 0 unspecified atom stereocenters. The predicted molar refractivity (Wildman–Crippen MR) is 126 cm³/mol. The van der Waals surface area contributed by atoms with Crippen LogP contribution in [0.25, 0.3) is 0 Å². The Morgan fingerprint density at radius 2 is 1.94 bits per heavy atom. The number of hydrogen-bond donors (Lipinski definition) is 0. The third-order valence-corrected chi connectivity index (χ3v) is 6.42. The highest BCUT2D eigenvalue weighted by atomic mass is 35.5. The maximum Gasteiger partial charge on any atom is 0.325 e. The minimum absolute atomic E-state index is 0.0112. The van der Waals surface area contributed by atoms with E-state index in [1.807, 2.05) is 41.3 Å². The first-order valence-corrected chi connectivity index (χ1v) is 11.5. The van der Waals surface area contributed by atoms with Crippen molar-refractivity contribution in [2.45, 2.75) is 33.2 Å². The maximum atomic E-state index is 13.6. The van der Waals surface area contributed by atoms with Crippen LogP contribution in [-0.2, 0) is 6.54 Å². The molecular formula is C25H30ClN3O2. The summed E-state index contributed by atoms with van der Waals surface area (Å²) in [4.78, 5) is 19.7. The van der Waals surface area contributed by atoms with Crippen molar-refractivity contribution >= 4 is 23.3 Å². The second-order valence-corrected chi connectivity index (χ2v) is 8.46. The lowest BCUT2D eigenvalue weighted by Crippen LogP contribution is -2.44. The van der Waals surface area contributed by atoms with Crippen LogP contribution < -0.4 is 9.64 Å². The number of carbonyl (C=O) groups is 1. The molecule has 164 valence electrons. The molecule has 2 amide bonds. The zero-order valence-corrected chi connectivity index (χ0v) is 19.1. The number of hydrogen-bond acceptors (Lipinski definition) is 3. The largest absolute Gasteiger partial charge is 0.455 e.